The van der Waals surface area contributed by atoms with E-state index in [1.165, 1.54) is 24.3 Å². The molecule has 0 atom stereocenters. The van der Waals surface area contributed by atoms with Gasteiger partial charge in [-0.3, -0.25) is 20.4 Å². The van der Waals surface area contributed by atoms with Gasteiger partial charge >= 0.3 is 0 Å². The Morgan fingerprint density at radius 3 is 2.23 bits per heavy atom. The number of carbonyl (C=O) groups is 2. The fourth-order valence-corrected chi connectivity index (χ4v) is 3.05. The highest BCUT2D eigenvalue weighted by Gasteiger charge is 2.14. The number of halogens is 2. The number of para-hydroxylation sites is 1. The molecule has 2 amide bonds. The summed E-state index contributed by atoms with van der Waals surface area (Å²) < 4.78 is 13.1. The van der Waals surface area contributed by atoms with E-state index >= 15 is 0 Å². The van der Waals surface area contributed by atoms with Crippen molar-refractivity contribution in [3.63, 3.8) is 0 Å². The second-order valence-corrected chi connectivity index (χ2v) is 7.27. The number of benzene rings is 3. The van der Waals surface area contributed by atoms with Gasteiger partial charge in [0.25, 0.3) is 11.8 Å². The molecule has 0 spiro atoms. The van der Waals surface area contributed by atoms with Gasteiger partial charge in [-0.2, -0.15) is 0 Å². The van der Waals surface area contributed by atoms with Crippen molar-refractivity contribution in [1.82, 2.24) is 10.9 Å². The van der Waals surface area contributed by atoms with Gasteiger partial charge in [-0.1, -0.05) is 29.8 Å². The van der Waals surface area contributed by atoms with Crippen LogP contribution in [0.1, 0.15) is 26.3 Å². The molecule has 158 valence electrons. The molecule has 0 heterocycles. The third-order valence-corrected chi connectivity index (χ3v) is 4.88. The molecule has 31 heavy (non-hydrogen) atoms. The Balaban J connectivity index is 1.64. The van der Waals surface area contributed by atoms with Crippen LogP contribution >= 0.6 is 23.8 Å². The van der Waals surface area contributed by atoms with Gasteiger partial charge in [-0.15, -0.1) is 0 Å². The average molecular weight is 457 g/mol. The highest BCUT2D eigenvalue weighted by molar-refractivity contribution is 7.80. The van der Waals surface area contributed by atoms with Gasteiger partial charge in [0.1, 0.15) is 5.82 Å². The monoisotopic (exact) mass is 456 g/mol. The Kier molecular flexibility index (Phi) is 7.17. The largest absolute Gasteiger partial charge is 0.330 e. The van der Waals surface area contributed by atoms with Crippen LogP contribution in [0, 0.1) is 12.7 Å². The van der Waals surface area contributed by atoms with Crippen LogP contribution in [0.25, 0.3) is 0 Å². The van der Waals surface area contributed by atoms with E-state index in [1.54, 1.807) is 49.4 Å². The van der Waals surface area contributed by atoms with Gasteiger partial charge in [0.2, 0.25) is 0 Å². The first kappa shape index (κ1) is 22.2. The number of rotatable bonds is 4. The molecular formula is C22H18ClFN4O2S. The van der Waals surface area contributed by atoms with E-state index in [0.29, 0.717) is 33.1 Å². The van der Waals surface area contributed by atoms with E-state index in [4.69, 9.17) is 23.8 Å². The number of hydrogen-bond donors (Lipinski definition) is 4. The Labute approximate surface area is 188 Å². The smallest absolute Gasteiger partial charge is 0.270 e. The Hall–Kier alpha value is -3.49. The lowest BCUT2D eigenvalue weighted by atomic mass is 10.1. The summed E-state index contributed by atoms with van der Waals surface area (Å²) >= 11 is 11.2. The molecule has 0 unspecified atom stereocenters. The van der Waals surface area contributed by atoms with Crippen molar-refractivity contribution in [1.29, 1.82) is 0 Å². The van der Waals surface area contributed by atoms with E-state index in [9.17, 15) is 14.0 Å². The molecule has 9 heteroatoms. The third kappa shape index (κ3) is 5.78. The van der Waals surface area contributed by atoms with E-state index in [0.717, 1.165) is 0 Å². The number of anilines is 2. The van der Waals surface area contributed by atoms with Gasteiger partial charge in [0.15, 0.2) is 5.11 Å². The third-order valence-electron chi connectivity index (χ3n) is 4.34. The zero-order valence-electron chi connectivity index (χ0n) is 16.3. The summed E-state index contributed by atoms with van der Waals surface area (Å²) in [7, 11) is 0. The zero-order chi connectivity index (χ0) is 22.4. The quantitative estimate of drug-likeness (QED) is 0.339. The highest BCUT2D eigenvalue weighted by atomic mass is 35.5. The molecule has 0 aliphatic carbocycles. The summed E-state index contributed by atoms with van der Waals surface area (Å²) in [6, 6.07) is 17.1. The minimum Gasteiger partial charge on any atom is -0.330 e. The number of nitrogens with one attached hydrogen (secondary N) is 4. The van der Waals surface area contributed by atoms with Crippen LogP contribution in [0.15, 0.2) is 66.7 Å². The maximum Gasteiger partial charge on any atom is 0.270 e. The lowest BCUT2D eigenvalue weighted by Crippen LogP contribution is -2.44. The molecule has 0 aliphatic rings. The number of hydrogen-bond acceptors (Lipinski definition) is 3. The molecule has 0 radical (unpaired) electrons. The first-order chi connectivity index (χ1) is 14.8. The number of amides is 2. The number of carbonyl (C=O) groups excluding carboxylic acids is 2. The lowest BCUT2D eigenvalue weighted by Gasteiger charge is -2.15. The van der Waals surface area contributed by atoms with Crippen LogP contribution in [0.5, 0.6) is 0 Å². The summed E-state index contributed by atoms with van der Waals surface area (Å²) in [6.07, 6.45) is 0. The van der Waals surface area contributed by atoms with Gasteiger partial charge in [0, 0.05) is 16.8 Å². The Bertz CT molecular complexity index is 1140. The average Bonchev–Trinajstić information content (AvgIpc) is 2.75. The maximum absolute atomic E-state index is 13.1. The summed E-state index contributed by atoms with van der Waals surface area (Å²) in [5, 5.41) is 6.25. The van der Waals surface area contributed by atoms with Crippen LogP contribution in [-0.2, 0) is 0 Å². The molecule has 4 N–H and O–H groups in total. The molecule has 0 aliphatic heterocycles. The van der Waals surface area contributed by atoms with E-state index in [2.05, 4.69) is 21.5 Å². The van der Waals surface area contributed by atoms with Crippen LogP contribution in [-0.4, -0.2) is 16.9 Å². The fourth-order valence-electron chi connectivity index (χ4n) is 2.71. The van der Waals surface area contributed by atoms with Crippen LogP contribution in [0.4, 0.5) is 15.8 Å². The summed E-state index contributed by atoms with van der Waals surface area (Å²) in [5.41, 5.74) is 7.37. The fraction of sp³-hybridized carbons (Fsp3) is 0.0455. The standard InChI is InChI=1S/C22H18ClFN4O2S/c1-13-16(21(30)27-28-22(31)26-19-7-3-2-6-17(19)23)5-4-8-18(13)25-20(29)14-9-11-15(24)12-10-14/h2-12H,1H3,(H,25,29)(H,27,30)(H2,26,28,31). The molecule has 0 fully saturated rings. The van der Waals surface area contributed by atoms with Crippen LogP contribution in [0.3, 0.4) is 0 Å². The molecule has 0 bridgehead atoms. The van der Waals surface area contributed by atoms with Crippen molar-refractivity contribution in [2.45, 2.75) is 6.92 Å². The van der Waals surface area contributed by atoms with Crippen molar-refractivity contribution in [3.8, 4) is 0 Å². The van der Waals surface area contributed by atoms with E-state index in [1.807, 2.05) is 0 Å². The second kappa shape index (κ2) is 10.0. The SMILES string of the molecule is Cc1c(NC(=O)c2ccc(F)cc2)cccc1C(=O)NNC(=S)Nc1ccccc1Cl. The molecule has 0 saturated carbocycles. The molecule has 0 aromatic heterocycles. The Morgan fingerprint density at radius 1 is 0.839 bits per heavy atom. The topological polar surface area (TPSA) is 82.3 Å². The van der Waals surface area contributed by atoms with Crippen molar-refractivity contribution < 1.29 is 14.0 Å². The number of hydrazine groups is 1. The highest BCUT2D eigenvalue weighted by Crippen LogP contribution is 2.21. The van der Waals surface area contributed by atoms with Gasteiger partial charge in [0.05, 0.1) is 10.7 Å². The maximum atomic E-state index is 13.1. The molecule has 3 rings (SSSR count). The van der Waals surface area contributed by atoms with E-state index < -0.39 is 17.6 Å². The van der Waals surface area contributed by atoms with E-state index in [-0.39, 0.29) is 5.11 Å². The number of thiocarbonyl (C=S) groups is 1. The summed E-state index contributed by atoms with van der Waals surface area (Å²) in [4.78, 5) is 25.0. The molecule has 3 aromatic carbocycles. The van der Waals surface area contributed by atoms with Crippen molar-refractivity contribution >= 4 is 52.1 Å². The van der Waals surface area contributed by atoms with Gasteiger partial charge in [-0.25, -0.2) is 4.39 Å². The first-order valence-corrected chi connectivity index (χ1v) is 9.92. The van der Waals surface area contributed by atoms with Crippen LogP contribution < -0.4 is 21.5 Å². The van der Waals surface area contributed by atoms with Crippen molar-refractivity contribution in [3.05, 3.63) is 94.3 Å². The zero-order valence-corrected chi connectivity index (χ0v) is 17.9. The molecule has 0 saturated heterocycles. The minimum atomic E-state index is -0.446. The lowest BCUT2D eigenvalue weighted by molar-refractivity contribution is 0.0942. The predicted molar refractivity (Wildman–Crippen MR) is 124 cm³/mol. The normalized spacial score (nSPS) is 10.2. The Morgan fingerprint density at radius 2 is 1.52 bits per heavy atom. The van der Waals surface area contributed by atoms with Crippen LogP contribution in [0.2, 0.25) is 5.02 Å². The van der Waals surface area contributed by atoms with Gasteiger partial charge in [-0.05, 0) is 73.2 Å². The molecule has 6 nitrogen and oxygen atoms in total. The predicted octanol–water partition coefficient (Wildman–Crippen LogP) is 4.67. The van der Waals surface area contributed by atoms with Gasteiger partial charge < -0.3 is 10.6 Å². The molecule has 3 aromatic rings. The molecular weight excluding hydrogens is 439 g/mol. The van der Waals surface area contributed by atoms with Crippen molar-refractivity contribution in [2.75, 3.05) is 10.6 Å². The second-order valence-electron chi connectivity index (χ2n) is 6.45. The van der Waals surface area contributed by atoms with Crippen molar-refractivity contribution in [2.24, 2.45) is 0 Å². The minimum absolute atomic E-state index is 0.153. The summed E-state index contributed by atoms with van der Waals surface area (Å²) in [5.74, 6) is -1.29. The summed E-state index contributed by atoms with van der Waals surface area (Å²) in [6.45, 7) is 1.70. The first-order valence-electron chi connectivity index (χ1n) is 9.13.